The molecule has 0 spiro atoms. The largest absolute Gasteiger partial charge is 0.308 e. The van der Waals surface area contributed by atoms with E-state index in [0.717, 1.165) is 30.0 Å². The average molecular weight is 340 g/mol. The van der Waals surface area contributed by atoms with Crippen molar-refractivity contribution in [3.05, 3.63) is 41.8 Å². The first-order valence-corrected chi connectivity index (χ1v) is 8.41. The van der Waals surface area contributed by atoms with Crippen LogP contribution in [0.4, 0.5) is 10.2 Å². The maximum absolute atomic E-state index is 12.9. The van der Waals surface area contributed by atoms with Gasteiger partial charge in [0.15, 0.2) is 5.82 Å². The number of aromatic nitrogens is 2. The van der Waals surface area contributed by atoms with E-state index in [4.69, 9.17) is 0 Å². The van der Waals surface area contributed by atoms with Gasteiger partial charge in [-0.3, -0.25) is 9.89 Å². The Morgan fingerprint density at radius 3 is 2.52 bits per heavy atom. The topological polar surface area (TPSA) is 104 Å². The molecular weight excluding hydrogens is 323 g/mol. The minimum Gasteiger partial charge on any atom is -0.308 e. The van der Waals surface area contributed by atoms with Crippen molar-refractivity contribution in [3.63, 3.8) is 0 Å². The summed E-state index contributed by atoms with van der Waals surface area (Å²) in [5.41, 5.74) is 0.764. The van der Waals surface area contributed by atoms with Gasteiger partial charge in [0.05, 0.1) is 4.90 Å². The highest BCUT2D eigenvalue weighted by Crippen LogP contribution is 2.12. The molecule has 1 aromatic heterocycles. The van der Waals surface area contributed by atoms with Crippen LogP contribution in [0.5, 0.6) is 0 Å². The second kappa shape index (κ2) is 6.88. The van der Waals surface area contributed by atoms with Gasteiger partial charge in [-0.15, -0.1) is 0 Å². The smallest absolute Gasteiger partial charge is 0.243 e. The molecule has 0 aliphatic rings. The zero-order valence-electron chi connectivity index (χ0n) is 12.6. The quantitative estimate of drug-likeness (QED) is 0.742. The Labute approximate surface area is 133 Å². The predicted octanol–water partition coefficient (Wildman–Crippen LogP) is 1.55. The molecule has 0 aliphatic carbocycles. The van der Waals surface area contributed by atoms with Crippen LogP contribution in [-0.2, 0) is 14.8 Å². The highest BCUT2D eigenvalue weighted by molar-refractivity contribution is 7.89. The lowest BCUT2D eigenvalue weighted by Gasteiger charge is -2.16. The van der Waals surface area contributed by atoms with Gasteiger partial charge >= 0.3 is 0 Å². The van der Waals surface area contributed by atoms with Crippen LogP contribution in [-0.4, -0.2) is 30.6 Å². The molecule has 0 saturated carbocycles. The van der Waals surface area contributed by atoms with Gasteiger partial charge in [-0.2, -0.15) is 9.82 Å². The normalized spacial score (nSPS) is 12.8. The van der Waals surface area contributed by atoms with Crippen molar-refractivity contribution in [1.29, 1.82) is 0 Å². The molecule has 2 rings (SSSR count). The van der Waals surface area contributed by atoms with E-state index in [1.54, 1.807) is 19.9 Å². The lowest BCUT2D eigenvalue weighted by molar-refractivity contribution is -0.117. The van der Waals surface area contributed by atoms with Gasteiger partial charge in [0.1, 0.15) is 11.9 Å². The number of carbonyl (C=O) groups excluding carboxylic acids is 1. The molecule has 1 aromatic carbocycles. The number of amides is 1. The molecule has 9 heteroatoms. The molecular formula is C14H17FN4O3S. The number of nitrogens with zero attached hydrogens (tertiary/aromatic N) is 1. The maximum atomic E-state index is 12.9. The summed E-state index contributed by atoms with van der Waals surface area (Å²) >= 11 is 0. The van der Waals surface area contributed by atoms with Crippen LogP contribution in [0.25, 0.3) is 0 Å². The average Bonchev–Trinajstić information content (AvgIpc) is 2.90. The summed E-state index contributed by atoms with van der Waals surface area (Å²) in [4.78, 5) is 12.1. The first-order valence-electron chi connectivity index (χ1n) is 6.92. The minimum absolute atomic E-state index is 0.110. The molecule has 0 bridgehead atoms. The number of benzene rings is 1. The fourth-order valence-corrected chi connectivity index (χ4v) is 3.17. The van der Waals surface area contributed by atoms with Gasteiger partial charge in [-0.1, -0.05) is 6.92 Å². The Morgan fingerprint density at radius 1 is 1.35 bits per heavy atom. The molecule has 7 nitrogen and oxygen atoms in total. The summed E-state index contributed by atoms with van der Waals surface area (Å²) in [7, 11) is -3.93. The lowest BCUT2D eigenvalue weighted by atomic mass is 10.2. The van der Waals surface area contributed by atoms with Crippen molar-refractivity contribution in [1.82, 2.24) is 14.9 Å². The lowest BCUT2D eigenvalue weighted by Crippen LogP contribution is -2.43. The van der Waals surface area contributed by atoms with Crippen molar-refractivity contribution in [2.24, 2.45) is 0 Å². The molecule has 1 unspecified atom stereocenters. The van der Waals surface area contributed by atoms with E-state index in [9.17, 15) is 17.6 Å². The third-order valence-corrected chi connectivity index (χ3v) is 4.59. The molecule has 1 heterocycles. The van der Waals surface area contributed by atoms with Crippen LogP contribution in [0, 0.1) is 12.7 Å². The molecule has 1 atom stereocenters. The number of rotatable bonds is 6. The summed E-state index contributed by atoms with van der Waals surface area (Å²) in [6.07, 6.45) is 0.246. The molecule has 1 amide bonds. The standard InChI is InChI=1S/C14H17FN4O3S/c1-3-12(14(20)16-13-8-9(2)17-18-13)19-23(21,22)11-6-4-10(15)5-7-11/h4-8,12,19H,3H2,1-2H3,(H2,16,17,18,20). The summed E-state index contributed by atoms with van der Waals surface area (Å²) in [6, 6.07) is 5.02. The molecule has 124 valence electrons. The number of H-pyrrole nitrogens is 1. The highest BCUT2D eigenvalue weighted by atomic mass is 32.2. The maximum Gasteiger partial charge on any atom is 0.243 e. The van der Waals surface area contributed by atoms with E-state index in [0.29, 0.717) is 5.82 Å². The molecule has 0 radical (unpaired) electrons. The zero-order chi connectivity index (χ0) is 17.0. The number of aromatic amines is 1. The van der Waals surface area contributed by atoms with Gasteiger partial charge in [0.2, 0.25) is 15.9 Å². The van der Waals surface area contributed by atoms with Crippen molar-refractivity contribution >= 4 is 21.7 Å². The van der Waals surface area contributed by atoms with Gasteiger partial charge in [0, 0.05) is 11.8 Å². The number of hydrogen-bond donors (Lipinski definition) is 3. The third-order valence-electron chi connectivity index (χ3n) is 3.10. The number of anilines is 1. The van der Waals surface area contributed by atoms with E-state index in [1.165, 1.54) is 0 Å². The van der Waals surface area contributed by atoms with Gasteiger partial charge in [-0.25, -0.2) is 12.8 Å². The molecule has 2 aromatic rings. The summed E-state index contributed by atoms with van der Waals surface area (Å²) in [5.74, 6) is -0.751. The first-order chi connectivity index (χ1) is 10.8. The summed E-state index contributed by atoms with van der Waals surface area (Å²) in [5, 5.41) is 9.06. The SMILES string of the molecule is CCC(NS(=O)(=O)c1ccc(F)cc1)C(=O)Nc1cc(C)[nH]n1. The first kappa shape index (κ1) is 17.1. The van der Waals surface area contributed by atoms with Crippen LogP contribution < -0.4 is 10.0 Å². The van der Waals surface area contributed by atoms with Crippen molar-refractivity contribution in [2.75, 3.05) is 5.32 Å². The second-order valence-corrected chi connectivity index (χ2v) is 6.68. The van der Waals surface area contributed by atoms with E-state index in [1.807, 2.05) is 0 Å². The van der Waals surface area contributed by atoms with Crippen LogP contribution in [0.2, 0.25) is 0 Å². The summed E-state index contributed by atoms with van der Waals surface area (Å²) in [6.45, 7) is 3.45. The Balaban J connectivity index is 2.11. The van der Waals surface area contributed by atoms with Crippen LogP contribution in [0.3, 0.4) is 0 Å². The van der Waals surface area contributed by atoms with Gasteiger partial charge < -0.3 is 5.32 Å². The number of nitrogens with one attached hydrogen (secondary N) is 3. The van der Waals surface area contributed by atoms with E-state index in [2.05, 4.69) is 20.2 Å². The zero-order valence-corrected chi connectivity index (χ0v) is 13.4. The van der Waals surface area contributed by atoms with Crippen LogP contribution in [0.1, 0.15) is 19.0 Å². The molecule has 0 fully saturated rings. The molecule has 0 aliphatic heterocycles. The Hall–Kier alpha value is -2.26. The second-order valence-electron chi connectivity index (χ2n) is 4.96. The summed E-state index contributed by atoms with van der Waals surface area (Å²) < 4.78 is 39.7. The highest BCUT2D eigenvalue weighted by Gasteiger charge is 2.24. The molecule has 3 N–H and O–H groups in total. The van der Waals surface area contributed by atoms with Crippen LogP contribution >= 0.6 is 0 Å². The monoisotopic (exact) mass is 340 g/mol. The van der Waals surface area contributed by atoms with Crippen molar-refractivity contribution in [2.45, 2.75) is 31.2 Å². The van der Waals surface area contributed by atoms with E-state index < -0.39 is 27.8 Å². The minimum atomic E-state index is -3.93. The molecule has 0 saturated heterocycles. The van der Waals surface area contributed by atoms with Crippen LogP contribution in [0.15, 0.2) is 35.2 Å². The number of hydrogen-bond acceptors (Lipinski definition) is 4. The van der Waals surface area contributed by atoms with Gasteiger partial charge in [-0.05, 0) is 37.6 Å². The predicted molar refractivity (Wildman–Crippen MR) is 82.8 cm³/mol. The number of carbonyl (C=O) groups is 1. The van der Waals surface area contributed by atoms with Crippen molar-refractivity contribution < 1.29 is 17.6 Å². The Morgan fingerprint density at radius 2 is 2.00 bits per heavy atom. The Kier molecular flexibility index (Phi) is 5.12. The number of halogens is 1. The van der Waals surface area contributed by atoms with E-state index >= 15 is 0 Å². The third kappa shape index (κ3) is 4.36. The number of sulfonamides is 1. The van der Waals surface area contributed by atoms with E-state index in [-0.39, 0.29) is 11.3 Å². The number of aryl methyl sites for hydroxylation is 1. The molecule has 23 heavy (non-hydrogen) atoms. The Bertz CT molecular complexity index is 787. The van der Waals surface area contributed by atoms with Gasteiger partial charge in [0.25, 0.3) is 0 Å². The van der Waals surface area contributed by atoms with Crippen molar-refractivity contribution in [3.8, 4) is 0 Å². The fourth-order valence-electron chi connectivity index (χ4n) is 1.89. The fraction of sp³-hybridized carbons (Fsp3) is 0.286.